The van der Waals surface area contributed by atoms with Crippen molar-refractivity contribution in [1.82, 2.24) is 10.2 Å². The van der Waals surface area contributed by atoms with Crippen LogP contribution < -0.4 is 4.74 Å². The lowest BCUT2D eigenvalue weighted by Gasteiger charge is -2.07. The number of aromatic amines is 1. The number of benzene rings is 1. The van der Waals surface area contributed by atoms with Crippen LogP contribution in [0, 0.1) is 13.8 Å². The molecule has 4 heteroatoms. The van der Waals surface area contributed by atoms with Gasteiger partial charge in [-0.3, -0.25) is 5.10 Å². The number of aromatic nitrogens is 2. The molecular weight excluding hydrogens is 236 g/mol. The number of para-hydroxylation sites is 1. The standard InChI is InChI=1S/C13H15ClN2O/c1-9-11(10(2)16-15-9)7-8-17-13-6-4-3-5-12(13)14/h3-6H,7-8H2,1-2H3,(H,15,16). The van der Waals surface area contributed by atoms with Gasteiger partial charge in [0.25, 0.3) is 0 Å². The van der Waals surface area contributed by atoms with Gasteiger partial charge >= 0.3 is 0 Å². The van der Waals surface area contributed by atoms with E-state index >= 15 is 0 Å². The van der Waals surface area contributed by atoms with Crippen LogP contribution in [0.15, 0.2) is 24.3 Å². The largest absolute Gasteiger partial charge is 0.492 e. The van der Waals surface area contributed by atoms with Crippen LogP contribution in [0.3, 0.4) is 0 Å². The topological polar surface area (TPSA) is 37.9 Å². The first-order valence-corrected chi connectivity index (χ1v) is 5.94. The summed E-state index contributed by atoms with van der Waals surface area (Å²) in [6.45, 7) is 4.62. The first-order chi connectivity index (χ1) is 8.18. The number of aryl methyl sites for hydroxylation is 2. The van der Waals surface area contributed by atoms with Gasteiger partial charge in [0.15, 0.2) is 0 Å². The van der Waals surface area contributed by atoms with Crippen LogP contribution in [0.2, 0.25) is 5.02 Å². The average Bonchev–Trinajstić information content (AvgIpc) is 2.63. The Morgan fingerprint density at radius 2 is 2.06 bits per heavy atom. The van der Waals surface area contributed by atoms with Gasteiger partial charge in [0.05, 0.1) is 17.3 Å². The smallest absolute Gasteiger partial charge is 0.137 e. The van der Waals surface area contributed by atoms with E-state index in [1.165, 1.54) is 5.56 Å². The van der Waals surface area contributed by atoms with Crippen molar-refractivity contribution >= 4 is 11.6 Å². The summed E-state index contributed by atoms with van der Waals surface area (Å²) in [4.78, 5) is 0. The van der Waals surface area contributed by atoms with E-state index in [9.17, 15) is 0 Å². The second kappa shape index (κ2) is 5.23. The third-order valence-electron chi connectivity index (χ3n) is 2.73. The van der Waals surface area contributed by atoms with Crippen LogP contribution in [0.5, 0.6) is 5.75 Å². The van der Waals surface area contributed by atoms with Crippen molar-refractivity contribution in [2.75, 3.05) is 6.61 Å². The zero-order valence-electron chi connectivity index (χ0n) is 9.96. The van der Waals surface area contributed by atoms with Crippen LogP contribution in [-0.2, 0) is 6.42 Å². The number of hydrogen-bond acceptors (Lipinski definition) is 2. The first-order valence-electron chi connectivity index (χ1n) is 5.56. The summed E-state index contributed by atoms with van der Waals surface area (Å²) < 4.78 is 5.65. The van der Waals surface area contributed by atoms with Crippen molar-refractivity contribution in [3.63, 3.8) is 0 Å². The second-order valence-corrected chi connectivity index (χ2v) is 4.35. The summed E-state index contributed by atoms with van der Waals surface area (Å²) >= 11 is 6.00. The van der Waals surface area contributed by atoms with Crippen LogP contribution in [0.4, 0.5) is 0 Å². The first kappa shape index (κ1) is 12.0. The minimum atomic E-state index is 0.602. The highest BCUT2D eigenvalue weighted by atomic mass is 35.5. The summed E-state index contributed by atoms with van der Waals surface area (Å²) in [6.07, 6.45) is 0.833. The predicted octanol–water partition coefficient (Wildman–Crippen LogP) is 3.30. The molecule has 0 saturated heterocycles. The molecule has 0 fully saturated rings. The molecule has 0 aliphatic carbocycles. The lowest BCUT2D eigenvalue weighted by atomic mass is 10.1. The number of halogens is 1. The zero-order valence-corrected chi connectivity index (χ0v) is 10.7. The quantitative estimate of drug-likeness (QED) is 0.904. The van der Waals surface area contributed by atoms with E-state index in [1.54, 1.807) is 0 Å². The van der Waals surface area contributed by atoms with Crippen LogP contribution in [0.1, 0.15) is 17.0 Å². The van der Waals surface area contributed by atoms with Crippen molar-refractivity contribution in [3.8, 4) is 5.75 Å². The van der Waals surface area contributed by atoms with Crippen LogP contribution in [-0.4, -0.2) is 16.8 Å². The SMILES string of the molecule is Cc1n[nH]c(C)c1CCOc1ccccc1Cl. The highest BCUT2D eigenvalue weighted by Crippen LogP contribution is 2.23. The van der Waals surface area contributed by atoms with Crippen LogP contribution >= 0.6 is 11.6 Å². The second-order valence-electron chi connectivity index (χ2n) is 3.94. The van der Waals surface area contributed by atoms with Crippen molar-refractivity contribution in [1.29, 1.82) is 0 Å². The molecule has 0 aliphatic rings. The Labute approximate surface area is 106 Å². The average molecular weight is 251 g/mol. The van der Waals surface area contributed by atoms with E-state index < -0.39 is 0 Å². The Morgan fingerprint density at radius 1 is 1.29 bits per heavy atom. The molecule has 0 atom stereocenters. The molecule has 3 nitrogen and oxygen atoms in total. The van der Waals surface area contributed by atoms with Gasteiger partial charge in [0, 0.05) is 12.1 Å². The van der Waals surface area contributed by atoms with Gasteiger partial charge in [0.1, 0.15) is 5.75 Å². The molecule has 17 heavy (non-hydrogen) atoms. The Kier molecular flexibility index (Phi) is 3.69. The Bertz CT molecular complexity index is 488. The Balaban J connectivity index is 1.95. The molecule has 0 unspecified atom stereocenters. The zero-order chi connectivity index (χ0) is 12.3. The Hall–Kier alpha value is -1.48. The monoisotopic (exact) mass is 250 g/mol. The van der Waals surface area contributed by atoms with Gasteiger partial charge in [-0.1, -0.05) is 23.7 Å². The number of hydrogen-bond donors (Lipinski definition) is 1. The van der Waals surface area contributed by atoms with Gasteiger partial charge in [-0.15, -0.1) is 0 Å². The third kappa shape index (κ3) is 2.80. The van der Waals surface area contributed by atoms with Crippen molar-refractivity contribution in [3.05, 3.63) is 46.2 Å². The molecule has 0 saturated carbocycles. The van der Waals surface area contributed by atoms with Crippen LogP contribution in [0.25, 0.3) is 0 Å². The molecule has 0 bridgehead atoms. The molecular formula is C13H15ClN2O. The van der Waals surface area contributed by atoms with E-state index in [0.717, 1.165) is 23.6 Å². The van der Waals surface area contributed by atoms with Gasteiger partial charge < -0.3 is 4.74 Å². The van der Waals surface area contributed by atoms with Gasteiger partial charge in [0.2, 0.25) is 0 Å². The van der Waals surface area contributed by atoms with E-state index in [0.29, 0.717) is 11.6 Å². The maximum Gasteiger partial charge on any atom is 0.137 e. The number of ether oxygens (including phenoxy) is 1. The number of rotatable bonds is 4. The van der Waals surface area contributed by atoms with Gasteiger partial charge in [-0.25, -0.2) is 0 Å². The molecule has 2 aromatic rings. The normalized spacial score (nSPS) is 10.5. The molecule has 1 aromatic heterocycles. The molecule has 0 amide bonds. The van der Waals surface area contributed by atoms with Gasteiger partial charge in [-0.05, 0) is 31.5 Å². The molecule has 2 rings (SSSR count). The van der Waals surface area contributed by atoms with Crippen molar-refractivity contribution in [2.24, 2.45) is 0 Å². The predicted molar refractivity (Wildman–Crippen MR) is 68.7 cm³/mol. The van der Waals surface area contributed by atoms with Crippen molar-refractivity contribution < 1.29 is 4.74 Å². The molecule has 0 aliphatic heterocycles. The molecule has 90 valence electrons. The summed E-state index contributed by atoms with van der Waals surface area (Å²) in [5.41, 5.74) is 3.35. The molecule has 0 radical (unpaired) electrons. The summed E-state index contributed by atoms with van der Waals surface area (Å²) in [5.74, 6) is 0.730. The summed E-state index contributed by atoms with van der Waals surface area (Å²) in [6, 6.07) is 7.50. The maximum atomic E-state index is 6.00. The lowest BCUT2D eigenvalue weighted by Crippen LogP contribution is -2.03. The summed E-state index contributed by atoms with van der Waals surface area (Å²) in [7, 11) is 0. The van der Waals surface area contributed by atoms with E-state index in [-0.39, 0.29) is 0 Å². The molecule has 1 N–H and O–H groups in total. The number of nitrogens with zero attached hydrogens (tertiary/aromatic N) is 1. The third-order valence-corrected chi connectivity index (χ3v) is 3.04. The fourth-order valence-corrected chi connectivity index (χ4v) is 1.96. The van der Waals surface area contributed by atoms with E-state index in [4.69, 9.17) is 16.3 Å². The molecule has 0 spiro atoms. The maximum absolute atomic E-state index is 6.00. The molecule has 1 heterocycles. The van der Waals surface area contributed by atoms with Crippen molar-refractivity contribution in [2.45, 2.75) is 20.3 Å². The molecule has 1 aromatic carbocycles. The van der Waals surface area contributed by atoms with E-state index in [2.05, 4.69) is 10.2 Å². The number of H-pyrrole nitrogens is 1. The number of nitrogens with one attached hydrogen (secondary N) is 1. The fourth-order valence-electron chi connectivity index (χ4n) is 1.77. The Morgan fingerprint density at radius 3 is 2.71 bits per heavy atom. The highest BCUT2D eigenvalue weighted by molar-refractivity contribution is 6.32. The fraction of sp³-hybridized carbons (Fsp3) is 0.308. The minimum absolute atomic E-state index is 0.602. The minimum Gasteiger partial charge on any atom is -0.492 e. The van der Waals surface area contributed by atoms with E-state index in [1.807, 2.05) is 38.1 Å². The van der Waals surface area contributed by atoms with Gasteiger partial charge in [-0.2, -0.15) is 5.10 Å². The lowest BCUT2D eigenvalue weighted by molar-refractivity contribution is 0.321. The highest BCUT2D eigenvalue weighted by Gasteiger charge is 2.06. The summed E-state index contributed by atoms with van der Waals surface area (Å²) in [5, 5.41) is 7.76.